The summed E-state index contributed by atoms with van der Waals surface area (Å²) in [5.74, 6) is 2.54. The molecular formula is C26H36N4O2S. The van der Waals surface area contributed by atoms with Gasteiger partial charge in [-0.3, -0.25) is 9.78 Å². The van der Waals surface area contributed by atoms with Crippen LogP contribution in [0.2, 0.25) is 0 Å². The number of allylic oxidation sites excluding steroid dienone is 1. The molecule has 5 rings (SSSR count). The summed E-state index contributed by atoms with van der Waals surface area (Å²) in [6, 6.07) is 6.22. The number of amides is 3. The third-order valence-electron chi connectivity index (χ3n) is 7.97. The maximum Gasteiger partial charge on any atom is 0.317 e. The molecule has 3 unspecified atom stereocenters. The van der Waals surface area contributed by atoms with Crippen LogP contribution in [0.1, 0.15) is 57.1 Å². The molecule has 7 heteroatoms. The smallest absolute Gasteiger partial charge is 0.317 e. The van der Waals surface area contributed by atoms with Gasteiger partial charge in [-0.1, -0.05) is 25.0 Å². The van der Waals surface area contributed by atoms with Crippen LogP contribution in [-0.2, 0) is 11.3 Å². The van der Waals surface area contributed by atoms with E-state index in [4.69, 9.17) is 0 Å². The number of likely N-dealkylation sites (tertiary alicyclic amines) is 2. The SMILES string of the molecule is O=C(NCc1ccccn1)N1CCC(C2=CC(C(=O)N3CCCC4CCCCC43)CS2)CC1. The zero-order valence-corrected chi connectivity index (χ0v) is 20.3. The van der Waals surface area contributed by atoms with Gasteiger partial charge in [-0.25, -0.2) is 4.79 Å². The van der Waals surface area contributed by atoms with E-state index in [2.05, 4.69) is 21.3 Å². The Morgan fingerprint density at radius 2 is 1.85 bits per heavy atom. The first-order valence-corrected chi connectivity index (χ1v) is 13.8. The number of nitrogens with zero attached hydrogens (tertiary/aromatic N) is 3. The summed E-state index contributed by atoms with van der Waals surface area (Å²) in [5, 5.41) is 2.99. The maximum absolute atomic E-state index is 13.4. The molecule has 3 atom stereocenters. The van der Waals surface area contributed by atoms with Crippen LogP contribution in [0.5, 0.6) is 0 Å². The molecular weight excluding hydrogens is 432 g/mol. The lowest BCUT2D eigenvalue weighted by atomic mass is 9.78. The van der Waals surface area contributed by atoms with Gasteiger partial charge in [0, 0.05) is 37.6 Å². The summed E-state index contributed by atoms with van der Waals surface area (Å²) >= 11 is 1.88. The van der Waals surface area contributed by atoms with E-state index in [1.165, 1.54) is 43.4 Å². The van der Waals surface area contributed by atoms with E-state index in [0.717, 1.165) is 49.8 Å². The Morgan fingerprint density at radius 1 is 1.03 bits per heavy atom. The monoisotopic (exact) mass is 468 g/mol. The summed E-state index contributed by atoms with van der Waals surface area (Å²) in [6.45, 7) is 2.95. The molecule has 4 aliphatic rings. The van der Waals surface area contributed by atoms with Crippen LogP contribution in [0.3, 0.4) is 0 Å². The highest BCUT2D eigenvalue weighted by atomic mass is 32.2. The molecule has 6 nitrogen and oxygen atoms in total. The highest BCUT2D eigenvalue weighted by molar-refractivity contribution is 8.03. The summed E-state index contributed by atoms with van der Waals surface area (Å²) in [4.78, 5) is 35.8. The van der Waals surface area contributed by atoms with E-state index in [-0.39, 0.29) is 11.9 Å². The van der Waals surface area contributed by atoms with Crippen molar-refractivity contribution >= 4 is 23.7 Å². The van der Waals surface area contributed by atoms with E-state index >= 15 is 0 Å². The fraction of sp³-hybridized carbons (Fsp3) is 0.654. The number of hydrogen-bond donors (Lipinski definition) is 1. The first kappa shape index (κ1) is 22.8. The maximum atomic E-state index is 13.4. The molecule has 2 saturated heterocycles. The Balaban J connectivity index is 1.11. The summed E-state index contributed by atoms with van der Waals surface area (Å²) in [7, 11) is 0. The van der Waals surface area contributed by atoms with Gasteiger partial charge in [-0.15, -0.1) is 11.8 Å². The Hall–Kier alpha value is -2.02. The average molecular weight is 469 g/mol. The molecule has 3 amide bonds. The third kappa shape index (κ3) is 5.23. The Labute approximate surface area is 201 Å². The number of piperidine rings is 2. The van der Waals surface area contributed by atoms with Gasteiger partial charge in [0.05, 0.1) is 18.2 Å². The van der Waals surface area contributed by atoms with Crippen LogP contribution in [0.15, 0.2) is 35.4 Å². The zero-order chi connectivity index (χ0) is 22.6. The molecule has 3 fully saturated rings. The third-order valence-corrected chi connectivity index (χ3v) is 9.30. The number of hydrogen-bond acceptors (Lipinski definition) is 4. The van der Waals surface area contributed by atoms with Gasteiger partial charge in [0.15, 0.2) is 0 Å². The largest absolute Gasteiger partial charge is 0.339 e. The number of aromatic nitrogens is 1. The van der Waals surface area contributed by atoms with Gasteiger partial charge in [0.2, 0.25) is 5.91 Å². The molecule has 0 spiro atoms. The van der Waals surface area contributed by atoms with Crippen molar-refractivity contribution < 1.29 is 9.59 Å². The summed E-state index contributed by atoms with van der Waals surface area (Å²) < 4.78 is 0. The normalized spacial score (nSPS) is 28.2. The van der Waals surface area contributed by atoms with Crippen molar-refractivity contribution in [3.05, 3.63) is 41.1 Å². The molecule has 3 aliphatic heterocycles. The molecule has 178 valence electrons. The Bertz CT molecular complexity index is 866. The van der Waals surface area contributed by atoms with Crippen molar-refractivity contribution in [3.63, 3.8) is 0 Å². The van der Waals surface area contributed by atoms with Crippen LogP contribution < -0.4 is 5.32 Å². The van der Waals surface area contributed by atoms with E-state index < -0.39 is 0 Å². The van der Waals surface area contributed by atoms with Crippen LogP contribution in [0.4, 0.5) is 4.79 Å². The minimum absolute atomic E-state index is 0.00709. The lowest BCUT2D eigenvalue weighted by Crippen LogP contribution is -2.51. The van der Waals surface area contributed by atoms with E-state index in [1.807, 2.05) is 34.9 Å². The van der Waals surface area contributed by atoms with Gasteiger partial charge in [0.1, 0.15) is 0 Å². The van der Waals surface area contributed by atoms with Crippen molar-refractivity contribution in [1.29, 1.82) is 0 Å². The Morgan fingerprint density at radius 3 is 2.67 bits per heavy atom. The van der Waals surface area contributed by atoms with Crippen molar-refractivity contribution in [2.24, 2.45) is 17.8 Å². The number of fused-ring (bicyclic) bond motifs is 1. The molecule has 1 saturated carbocycles. The minimum Gasteiger partial charge on any atom is -0.339 e. The van der Waals surface area contributed by atoms with E-state index in [0.29, 0.717) is 24.4 Å². The second kappa shape index (κ2) is 10.5. The van der Waals surface area contributed by atoms with Gasteiger partial charge in [-0.05, 0) is 67.4 Å². The highest BCUT2D eigenvalue weighted by Gasteiger charge is 2.39. The van der Waals surface area contributed by atoms with Gasteiger partial charge in [-0.2, -0.15) is 0 Å². The van der Waals surface area contributed by atoms with Crippen molar-refractivity contribution in [2.75, 3.05) is 25.4 Å². The van der Waals surface area contributed by atoms with Gasteiger partial charge in [0.25, 0.3) is 0 Å². The van der Waals surface area contributed by atoms with Gasteiger partial charge >= 0.3 is 6.03 Å². The lowest BCUT2D eigenvalue weighted by Gasteiger charge is -2.44. The topological polar surface area (TPSA) is 65.5 Å². The van der Waals surface area contributed by atoms with Crippen molar-refractivity contribution in [3.8, 4) is 0 Å². The fourth-order valence-electron chi connectivity index (χ4n) is 6.14. The quantitative estimate of drug-likeness (QED) is 0.710. The van der Waals surface area contributed by atoms with Crippen molar-refractivity contribution in [1.82, 2.24) is 20.1 Å². The molecule has 1 aliphatic carbocycles. The molecule has 1 N–H and O–H groups in total. The number of nitrogens with one attached hydrogen (secondary N) is 1. The lowest BCUT2D eigenvalue weighted by molar-refractivity contribution is -0.139. The van der Waals surface area contributed by atoms with Crippen LogP contribution in [0, 0.1) is 17.8 Å². The molecule has 0 radical (unpaired) electrons. The molecule has 0 aromatic carbocycles. The number of carbonyl (C=O) groups is 2. The Kier molecular flexibility index (Phi) is 7.24. The van der Waals surface area contributed by atoms with E-state index in [9.17, 15) is 9.59 Å². The fourth-order valence-corrected chi connectivity index (χ4v) is 7.48. The number of rotatable bonds is 4. The van der Waals surface area contributed by atoms with Crippen molar-refractivity contribution in [2.45, 2.75) is 64.0 Å². The zero-order valence-electron chi connectivity index (χ0n) is 19.5. The molecule has 1 aromatic rings. The molecule has 0 bridgehead atoms. The standard InChI is InChI=1S/C26H36N4O2S/c31-25(30-13-5-7-19-6-1-2-9-23(19)30)21-16-24(33-18-21)20-10-14-29(15-11-20)26(32)28-17-22-8-3-4-12-27-22/h3-4,8,12,16,19-21,23H,1-2,5-7,9-11,13-15,17-18H2,(H,28,32). The molecule has 1 aromatic heterocycles. The van der Waals surface area contributed by atoms with Crippen LogP contribution >= 0.6 is 11.8 Å². The number of carbonyl (C=O) groups excluding carboxylic acids is 2. The predicted octanol–water partition coefficient (Wildman–Crippen LogP) is 4.43. The number of thioether (sulfide) groups is 1. The average Bonchev–Trinajstić information content (AvgIpc) is 3.38. The predicted molar refractivity (Wildman–Crippen MR) is 131 cm³/mol. The molecule has 33 heavy (non-hydrogen) atoms. The van der Waals surface area contributed by atoms with Crippen LogP contribution in [0.25, 0.3) is 0 Å². The van der Waals surface area contributed by atoms with Crippen LogP contribution in [-0.4, -0.2) is 58.2 Å². The van der Waals surface area contributed by atoms with Gasteiger partial charge < -0.3 is 15.1 Å². The minimum atomic E-state index is -0.00709. The summed E-state index contributed by atoms with van der Waals surface area (Å²) in [6.07, 6.45) is 13.6. The highest BCUT2D eigenvalue weighted by Crippen LogP contribution is 2.41. The first-order valence-electron chi connectivity index (χ1n) is 12.8. The second-order valence-corrected chi connectivity index (χ2v) is 11.1. The van der Waals surface area contributed by atoms with E-state index in [1.54, 1.807) is 6.20 Å². The first-order chi connectivity index (χ1) is 16.2. The molecule has 4 heterocycles. The number of urea groups is 1. The summed E-state index contributed by atoms with van der Waals surface area (Å²) in [5.41, 5.74) is 0.872. The second-order valence-electron chi connectivity index (χ2n) is 10.0. The number of pyridine rings is 1.